The van der Waals surface area contributed by atoms with Crippen LogP contribution in [0.4, 0.5) is 0 Å². The topological polar surface area (TPSA) is 56.2 Å². The Labute approximate surface area is 111 Å². The fraction of sp³-hybridized carbons (Fsp3) is 0.0667. The van der Waals surface area contributed by atoms with Crippen LogP contribution in [-0.4, -0.2) is 16.0 Å². The molecule has 0 atom stereocenters. The standard InChI is InChI=1S/C15H14N4/c1-19-10-13-3-2-4-14(15(13)18-19)12-7-5-11(6-8-12)9-17-16/h2-10H,16H2,1H3. The molecule has 3 rings (SSSR count). The Bertz CT molecular complexity index is 738. The fourth-order valence-corrected chi connectivity index (χ4v) is 2.23. The van der Waals surface area contributed by atoms with Gasteiger partial charge in [-0.2, -0.15) is 10.2 Å². The summed E-state index contributed by atoms with van der Waals surface area (Å²) < 4.78 is 1.84. The predicted octanol–water partition coefficient (Wildman–Crippen LogP) is 2.53. The van der Waals surface area contributed by atoms with Crippen molar-refractivity contribution in [3.05, 3.63) is 54.2 Å². The molecule has 4 nitrogen and oxygen atoms in total. The zero-order valence-electron chi connectivity index (χ0n) is 10.6. The molecule has 0 unspecified atom stereocenters. The van der Waals surface area contributed by atoms with Crippen molar-refractivity contribution in [2.24, 2.45) is 18.0 Å². The van der Waals surface area contributed by atoms with E-state index in [0.29, 0.717) is 0 Å². The molecule has 0 saturated heterocycles. The van der Waals surface area contributed by atoms with Gasteiger partial charge >= 0.3 is 0 Å². The lowest BCUT2D eigenvalue weighted by atomic mass is 10.0. The van der Waals surface area contributed by atoms with Crippen LogP contribution in [0.15, 0.2) is 53.8 Å². The minimum atomic E-state index is 0.986. The molecule has 3 aromatic rings. The summed E-state index contributed by atoms with van der Waals surface area (Å²) in [6, 6.07) is 14.3. The zero-order chi connectivity index (χ0) is 13.2. The third-order valence-electron chi connectivity index (χ3n) is 3.10. The summed E-state index contributed by atoms with van der Waals surface area (Å²) in [5.41, 5.74) is 4.28. The maximum Gasteiger partial charge on any atom is 0.100 e. The highest BCUT2D eigenvalue weighted by Gasteiger charge is 2.06. The average molecular weight is 250 g/mol. The van der Waals surface area contributed by atoms with Gasteiger partial charge in [0.15, 0.2) is 0 Å². The van der Waals surface area contributed by atoms with Gasteiger partial charge in [0.2, 0.25) is 0 Å². The lowest BCUT2D eigenvalue weighted by Crippen LogP contribution is -1.88. The molecule has 19 heavy (non-hydrogen) atoms. The summed E-state index contributed by atoms with van der Waals surface area (Å²) in [7, 11) is 1.94. The predicted molar refractivity (Wildman–Crippen MR) is 77.9 cm³/mol. The third-order valence-corrected chi connectivity index (χ3v) is 3.10. The minimum absolute atomic E-state index is 0.986. The van der Waals surface area contributed by atoms with Crippen LogP contribution in [0.5, 0.6) is 0 Å². The Kier molecular flexibility index (Phi) is 2.76. The SMILES string of the molecule is Cn1cc2cccc(-c3ccc(C=NN)cc3)c2n1. The molecule has 0 radical (unpaired) electrons. The van der Waals surface area contributed by atoms with Crippen molar-refractivity contribution in [3.8, 4) is 11.1 Å². The van der Waals surface area contributed by atoms with Gasteiger partial charge < -0.3 is 5.84 Å². The number of aryl methyl sites for hydroxylation is 1. The second-order valence-electron chi connectivity index (χ2n) is 4.45. The molecule has 1 heterocycles. The van der Waals surface area contributed by atoms with E-state index in [2.05, 4.69) is 40.5 Å². The number of nitrogens with two attached hydrogens (primary N) is 1. The number of rotatable bonds is 2. The van der Waals surface area contributed by atoms with Crippen molar-refractivity contribution >= 4 is 17.1 Å². The maximum absolute atomic E-state index is 5.14. The van der Waals surface area contributed by atoms with Crippen molar-refractivity contribution < 1.29 is 0 Å². The van der Waals surface area contributed by atoms with Crippen molar-refractivity contribution in [2.45, 2.75) is 0 Å². The van der Waals surface area contributed by atoms with E-state index in [1.807, 2.05) is 30.1 Å². The molecule has 1 aromatic heterocycles. The number of nitrogens with zero attached hydrogens (tertiary/aromatic N) is 3. The summed E-state index contributed by atoms with van der Waals surface area (Å²) in [5.74, 6) is 5.14. The van der Waals surface area contributed by atoms with Crippen LogP contribution in [0.3, 0.4) is 0 Å². The molecule has 4 heteroatoms. The highest BCUT2D eigenvalue weighted by atomic mass is 15.2. The van der Waals surface area contributed by atoms with E-state index in [1.165, 1.54) is 0 Å². The molecule has 0 aliphatic heterocycles. The number of hydrogen-bond donors (Lipinski definition) is 1. The van der Waals surface area contributed by atoms with Gasteiger partial charge in [-0.3, -0.25) is 4.68 Å². The van der Waals surface area contributed by atoms with E-state index in [1.54, 1.807) is 6.21 Å². The molecule has 94 valence electrons. The number of benzene rings is 2. The highest BCUT2D eigenvalue weighted by Crippen LogP contribution is 2.27. The van der Waals surface area contributed by atoms with E-state index in [4.69, 9.17) is 5.84 Å². The van der Waals surface area contributed by atoms with E-state index >= 15 is 0 Å². The molecule has 2 aromatic carbocycles. The molecular weight excluding hydrogens is 236 g/mol. The van der Waals surface area contributed by atoms with Crippen LogP contribution in [0.2, 0.25) is 0 Å². The van der Waals surface area contributed by atoms with Crippen molar-refractivity contribution in [1.82, 2.24) is 9.78 Å². The van der Waals surface area contributed by atoms with Gasteiger partial charge in [0.05, 0.1) is 6.21 Å². The number of hydrazone groups is 1. The van der Waals surface area contributed by atoms with Crippen LogP contribution in [0.25, 0.3) is 22.0 Å². The summed E-state index contributed by atoms with van der Waals surface area (Å²) in [5, 5.41) is 9.19. The summed E-state index contributed by atoms with van der Waals surface area (Å²) in [6.07, 6.45) is 3.65. The fourth-order valence-electron chi connectivity index (χ4n) is 2.23. The quantitative estimate of drug-likeness (QED) is 0.431. The van der Waals surface area contributed by atoms with Gasteiger partial charge in [0.25, 0.3) is 0 Å². The first kappa shape index (κ1) is 11.5. The number of aromatic nitrogens is 2. The van der Waals surface area contributed by atoms with Crippen LogP contribution < -0.4 is 5.84 Å². The normalized spacial score (nSPS) is 11.4. The van der Waals surface area contributed by atoms with E-state index in [0.717, 1.165) is 27.6 Å². The third kappa shape index (κ3) is 2.08. The molecular formula is C15H14N4. The Hall–Kier alpha value is -2.62. The monoisotopic (exact) mass is 250 g/mol. The lowest BCUT2D eigenvalue weighted by molar-refractivity contribution is 0.780. The Morgan fingerprint density at radius 1 is 1.16 bits per heavy atom. The van der Waals surface area contributed by atoms with Gasteiger partial charge in [-0.1, -0.05) is 42.5 Å². The van der Waals surface area contributed by atoms with Crippen LogP contribution in [0.1, 0.15) is 5.56 Å². The van der Waals surface area contributed by atoms with Gasteiger partial charge in [-0.15, -0.1) is 0 Å². The molecule has 0 spiro atoms. The van der Waals surface area contributed by atoms with Gasteiger partial charge in [0, 0.05) is 24.2 Å². The second kappa shape index (κ2) is 4.57. The minimum Gasteiger partial charge on any atom is -0.323 e. The van der Waals surface area contributed by atoms with Crippen LogP contribution >= 0.6 is 0 Å². The second-order valence-corrected chi connectivity index (χ2v) is 4.45. The molecule has 0 fully saturated rings. The first-order valence-electron chi connectivity index (χ1n) is 6.04. The summed E-state index contributed by atoms with van der Waals surface area (Å²) >= 11 is 0. The van der Waals surface area contributed by atoms with Crippen molar-refractivity contribution in [2.75, 3.05) is 0 Å². The molecule has 2 N–H and O–H groups in total. The Morgan fingerprint density at radius 3 is 2.68 bits per heavy atom. The van der Waals surface area contributed by atoms with Crippen LogP contribution in [-0.2, 0) is 7.05 Å². The Balaban J connectivity index is 2.13. The Morgan fingerprint density at radius 2 is 1.95 bits per heavy atom. The number of hydrogen-bond acceptors (Lipinski definition) is 3. The van der Waals surface area contributed by atoms with Crippen molar-refractivity contribution in [1.29, 1.82) is 0 Å². The average Bonchev–Trinajstić information content (AvgIpc) is 2.80. The molecule has 0 aliphatic carbocycles. The molecule has 0 amide bonds. The molecule has 0 aliphatic rings. The van der Waals surface area contributed by atoms with E-state index < -0.39 is 0 Å². The maximum atomic E-state index is 5.14. The molecule has 0 saturated carbocycles. The highest BCUT2D eigenvalue weighted by molar-refractivity contribution is 5.93. The zero-order valence-corrected chi connectivity index (χ0v) is 10.6. The largest absolute Gasteiger partial charge is 0.323 e. The van der Waals surface area contributed by atoms with Gasteiger partial charge in [-0.05, 0) is 11.1 Å². The number of fused-ring (bicyclic) bond motifs is 1. The molecule has 0 bridgehead atoms. The van der Waals surface area contributed by atoms with Gasteiger partial charge in [0.1, 0.15) is 5.52 Å². The van der Waals surface area contributed by atoms with E-state index in [-0.39, 0.29) is 0 Å². The summed E-state index contributed by atoms with van der Waals surface area (Å²) in [4.78, 5) is 0. The lowest BCUT2D eigenvalue weighted by Gasteiger charge is -2.03. The first-order chi connectivity index (χ1) is 9.28. The van der Waals surface area contributed by atoms with Crippen molar-refractivity contribution in [3.63, 3.8) is 0 Å². The van der Waals surface area contributed by atoms with E-state index in [9.17, 15) is 0 Å². The first-order valence-corrected chi connectivity index (χ1v) is 6.04. The smallest absolute Gasteiger partial charge is 0.100 e. The van der Waals surface area contributed by atoms with Crippen LogP contribution in [0, 0.1) is 0 Å². The summed E-state index contributed by atoms with van der Waals surface area (Å²) in [6.45, 7) is 0. The van der Waals surface area contributed by atoms with Gasteiger partial charge in [-0.25, -0.2) is 0 Å².